The molecule has 0 unspecified atom stereocenters. The zero-order valence-corrected chi connectivity index (χ0v) is 18.1. The molecular formula is C21H31Cl2N3O2. The third-order valence-corrected chi connectivity index (χ3v) is 4.87. The molecule has 0 saturated carbocycles. The van der Waals surface area contributed by atoms with Crippen molar-refractivity contribution in [2.24, 2.45) is 5.10 Å². The molecule has 0 radical (unpaired) electrons. The smallest absolute Gasteiger partial charge is 0.259 e. The minimum atomic E-state index is -0.387. The SMILES string of the molecule is CCCCCCCCCCCC(=O)NCC(=O)N/N=C\c1ccc(Cl)cc1Cl. The molecule has 1 rings (SSSR count). The Kier molecular flexibility index (Phi) is 13.4. The van der Waals surface area contributed by atoms with E-state index in [-0.39, 0.29) is 18.4 Å². The number of hydrogen-bond donors (Lipinski definition) is 2. The minimum Gasteiger partial charge on any atom is -0.347 e. The van der Waals surface area contributed by atoms with Crippen molar-refractivity contribution in [2.75, 3.05) is 6.54 Å². The molecule has 0 heterocycles. The number of hydrogen-bond acceptors (Lipinski definition) is 3. The molecule has 0 spiro atoms. The maximum Gasteiger partial charge on any atom is 0.259 e. The number of carbonyl (C=O) groups excluding carboxylic acids is 2. The van der Waals surface area contributed by atoms with Crippen LogP contribution in [0.5, 0.6) is 0 Å². The van der Waals surface area contributed by atoms with E-state index in [0.29, 0.717) is 22.0 Å². The summed E-state index contributed by atoms with van der Waals surface area (Å²) in [5.41, 5.74) is 3.00. The topological polar surface area (TPSA) is 70.6 Å². The Morgan fingerprint density at radius 1 is 0.964 bits per heavy atom. The summed E-state index contributed by atoms with van der Waals surface area (Å²) in [5.74, 6) is -0.496. The number of halogens is 2. The summed E-state index contributed by atoms with van der Waals surface area (Å²) in [6.07, 6.45) is 12.7. The van der Waals surface area contributed by atoms with Crippen LogP contribution in [0.3, 0.4) is 0 Å². The normalized spacial score (nSPS) is 11.0. The molecule has 0 aromatic heterocycles. The predicted molar refractivity (Wildman–Crippen MR) is 117 cm³/mol. The van der Waals surface area contributed by atoms with E-state index in [4.69, 9.17) is 23.2 Å². The van der Waals surface area contributed by atoms with Crippen molar-refractivity contribution in [2.45, 2.75) is 71.1 Å². The Labute approximate surface area is 178 Å². The highest BCUT2D eigenvalue weighted by Crippen LogP contribution is 2.19. The molecule has 5 nitrogen and oxygen atoms in total. The van der Waals surface area contributed by atoms with Gasteiger partial charge in [0.25, 0.3) is 5.91 Å². The maximum atomic E-state index is 11.8. The van der Waals surface area contributed by atoms with E-state index in [1.807, 2.05) is 0 Å². The van der Waals surface area contributed by atoms with Crippen LogP contribution in [0.1, 0.15) is 76.7 Å². The molecular weight excluding hydrogens is 397 g/mol. The highest BCUT2D eigenvalue weighted by Gasteiger charge is 2.05. The summed E-state index contributed by atoms with van der Waals surface area (Å²) >= 11 is 11.8. The lowest BCUT2D eigenvalue weighted by atomic mass is 10.1. The molecule has 0 aliphatic rings. The number of rotatable bonds is 14. The molecule has 0 aliphatic heterocycles. The van der Waals surface area contributed by atoms with E-state index < -0.39 is 0 Å². The molecule has 0 saturated heterocycles. The number of hydrazone groups is 1. The van der Waals surface area contributed by atoms with E-state index in [1.165, 1.54) is 51.2 Å². The van der Waals surface area contributed by atoms with Crippen LogP contribution in [0.25, 0.3) is 0 Å². The van der Waals surface area contributed by atoms with Gasteiger partial charge >= 0.3 is 0 Å². The monoisotopic (exact) mass is 427 g/mol. The molecule has 1 aromatic carbocycles. The Morgan fingerprint density at radius 2 is 1.61 bits per heavy atom. The summed E-state index contributed by atoms with van der Waals surface area (Å²) in [6.45, 7) is 2.13. The van der Waals surface area contributed by atoms with Gasteiger partial charge in [-0.15, -0.1) is 0 Å². The second-order valence-electron chi connectivity index (χ2n) is 6.81. The maximum absolute atomic E-state index is 11.8. The Bertz CT molecular complexity index is 636. The highest BCUT2D eigenvalue weighted by atomic mass is 35.5. The molecule has 0 atom stereocenters. The van der Waals surface area contributed by atoms with Crippen LogP contribution in [0.2, 0.25) is 10.0 Å². The minimum absolute atomic E-state index is 0.0953. The van der Waals surface area contributed by atoms with Crippen molar-refractivity contribution < 1.29 is 9.59 Å². The third kappa shape index (κ3) is 12.0. The van der Waals surface area contributed by atoms with Crippen LogP contribution in [0.4, 0.5) is 0 Å². The van der Waals surface area contributed by atoms with Crippen molar-refractivity contribution >= 4 is 41.2 Å². The first-order chi connectivity index (χ1) is 13.5. The van der Waals surface area contributed by atoms with Gasteiger partial charge < -0.3 is 5.32 Å². The number of unbranched alkanes of at least 4 members (excludes halogenated alkanes) is 8. The van der Waals surface area contributed by atoms with Gasteiger partial charge in [-0.1, -0.05) is 87.6 Å². The molecule has 156 valence electrons. The summed E-state index contributed by atoms with van der Waals surface area (Å²) < 4.78 is 0. The standard InChI is InChI=1S/C21H31Cl2N3O2/c1-2-3-4-5-6-7-8-9-10-11-20(27)24-16-21(28)26-25-15-17-12-13-18(22)14-19(17)23/h12-15H,2-11,16H2,1H3,(H,24,27)(H,26,28)/b25-15-. The van der Waals surface area contributed by atoms with Crippen LogP contribution in [0, 0.1) is 0 Å². The van der Waals surface area contributed by atoms with Crippen molar-refractivity contribution in [1.82, 2.24) is 10.7 Å². The Hall–Kier alpha value is -1.59. The summed E-state index contributed by atoms with van der Waals surface area (Å²) in [4.78, 5) is 23.5. The van der Waals surface area contributed by atoms with Gasteiger partial charge in [0.1, 0.15) is 0 Å². The van der Waals surface area contributed by atoms with Crippen LogP contribution < -0.4 is 10.7 Å². The van der Waals surface area contributed by atoms with Crippen molar-refractivity contribution in [3.63, 3.8) is 0 Å². The summed E-state index contributed by atoms with van der Waals surface area (Å²) in [7, 11) is 0. The van der Waals surface area contributed by atoms with Gasteiger partial charge in [-0.05, 0) is 18.6 Å². The summed E-state index contributed by atoms with van der Waals surface area (Å²) in [6, 6.07) is 4.98. The number of benzene rings is 1. The van der Waals surface area contributed by atoms with E-state index >= 15 is 0 Å². The molecule has 7 heteroatoms. The van der Waals surface area contributed by atoms with Crippen molar-refractivity contribution in [3.8, 4) is 0 Å². The zero-order chi connectivity index (χ0) is 20.6. The lowest BCUT2D eigenvalue weighted by molar-refractivity contribution is -0.126. The fourth-order valence-electron chi connectivity index (χ4n) is 2.68. The third-order valence-electron chi connectivity index (χ3n) is 4.31. The van der Waals surface area contributed by atoms with Gasteiger partial charge in [0, 0.05) is 17.0 Å². The molecule has 0 fully saturated rings. The number of amides is 2. The van der Waals surface area contributed by atoms with E-state index in [9.17, 15) is 9.59 Å². The van der Waals surface area contributed by atoms with Gasteiger partial charge in [0.2, 0.25) is 5.91 Å². The number of nitrogens with zero attached hydrogens (tertiary/aromatic N) is 1. The molecule has 1 aromatic rings. The molecule has 28 heavy (non-hydrogen) atoms. The van der Waals surface area contributed by atoms with Crippen LogP contribution in [-0.2, 0) is 9.59 Å². The molecule has 0 aliphatic carbocycles. The van der Waals surface area contributed by atoms with Gasteiger partial charge in [-0.2, -0.15) is 5.10 Å². The number of nitrogens with one attached hydrogen (secondary N) is 2. The first-order valence-electron chi connectivity index (χ1n) is 10.1. The Morgan fingerprint density at radius 3 is 2.25 bits per heavy atom. The lowest BCUT2D eigenvalue weighted by Crippen LogP contribution is -2.34. The highest BCUT2D eigenvalue weighted by molar-refractivity contribution is 6.36. The van der Waals surface area contributed by atoms with Crippen LogP contribution in [0.15, 0.2) is 23.3 Å². The number of carbonyl (C=O) groups is 2. The fraction of sp³-hybridized carbons (Fsp3) is 0.571. The molecule has 2 amide bonds. The largest absolute Gasteiger partial charge is 0.347 e. The van der Waals surface area contributed by atoms with E-state index in [2.05, 4.69) is 22.8 Å². The van der Waals surface area contributed by atoms with Gasteiger partial charge in [0.15, 0.2) is 0 Å². The predicted octanol–water partition coefficient (Wildman–Crippen LogP) is 5.48. The molecule has 0 bridgehead atoms. The fourth-order valence-corrected chi connectivity index (χ4v) is 3.14. The average Bonchev–Trinajstić information content (AvgIpc) is 2.67. The second-order valence-corrected chi connectivity index (χ2v) is 7.66. The van der Waals surface area contributed by atoms with E-state index in [1.54, 1.807) is 18.2 Å². The first kappa shape index (κ1) is 24.4. The van der Waals surface area contributed by atoms with Crippen molar-refractivity contribution in [1.29, 1.82) is 0 Å². The average molecular weight is 428 g/mol. The quantitative estimate of drug-likeness (QED) is 0.234. The van der Waals surface area contributed by atoms with Gasteiger partial charge in [-0.3, -0.25) is 9.59 Å². The van der Waals surface area contributed by atoms with Crippen LogP contribution >= 0.6 is 23.2 Å². The second kappa shape index (κ2) is 15.3. The molecule has 2 N–H and O–H groups in total. The Balaban J connectivity index is 2.06. The van der Waals surface area contributed by atoms with E-state index in [0.717, 1.165) is 12.8 Å². The zero-order valence-electron chi connectivity index (χ0n) is 16.6. The van der Waals surface area contributed by atoms with Crippen LogP contribution in [-0.4, -0.2) is 24.6 Å². The van der Waals surface area contributed by atoms with Gasteiger partial charge in [0.05, 0.1) is 17.8 Å². The lowest BCUT2D eigenvalue weighted by Gasteiger charge is -2.05. The van der Waals surface area contributed by atoms with Gasteiger partial charge in [-0.25, -0.2) is 5.43 Å². The first-order valence-corrected chi connectivity index (χ1v) is 10.8. The summed E-state index contributed by atoms with van der Waals surface area (Å²) in [5, 5.41) is 7.41. The van der Waals surface area contributed by atoms with Crippen molar-refractivity contribution in [3.05, 3.63) is 33.8 Å².